The molecule has 19 heavy (non-hydrogen) atoms. The van der Waals surface area contributed by atoms with E-state index in [0.29, 0.717) is 5.95 Å². The van der Waals surface area contributed by atoms with Crippen molar-refractivity contribution in [2.75, 3.05) is 19.0 Å². The molecule has 1 atom stereocenters. The summed E-state index contributed by atoms with van der Waals surface area (Å²) in [6, 6.07) is 7.23. The Kier molecular flexibility index (Phi) is 4.70. The summed E-state index contributed by atoms with van der Waals surface area (Å²) in [7, 11) is 1.62. The van der Waals surface area contributed by atoms with E-state index in [4.69, 9.17) is 4.74 Å². The molecule has 100 valence electrons. The minimum Gasteiger partial charge on any atom is -0.497 e. The first-order chi connectivity index (χ1) is 9.22. The maximum Gasteiger partial charge on any atom is 0.223 e. The van der Waals surface area contributed by atoms with Crippen LogP contribution in [-0.4, -0.2) is 28.8 Å². The fraction of sp³-hybridized carbons (Fsp3) is 0.231. The predicted molar refractivity (Wildman–Crippen MR) is 76.2 cm³/mol. The molecule has 0 saturated carbocycles. The van der Waals surface area contributed by atoms with Gasteiger partial charge in [0.1, 0.15) is 5.75 Å². The van der Waals surface area contributed by atoms with Crippen LogP contribution in [0.25, 0.3) is 0 Å². The number of methoxy groups -OCH3 is 1. The second kappa shape index (κ2) is 6.49. The van der Waals surface area contributed by atoms with Gasteiger partial charge in [-0.05, 0) is 33.6 Å². The van der Waals surface area contributed by atoms with E-state index in [1.807, 2.05) is 24.3 Å². The van der Waals surface area contributed by atoms with Crippen molar-refractivity contribution < 1.29 is 9.84 Å². The van der Waals surface area contributed by atoms with E-state index >= 15 is 0 Å². The first-order valence-corrected chi connectivity index (χ1v) is 6.51. The van der Waals surface area contributed by atoms with Crippen LogP contribution < -0.4 is 10.1 Å². The normalized spacial score (nSPS) is 11.9. The first-order valence-electron chi connectivity index (χ1n) is 5.72. The lowest BCUT2D eigenvalue weighted by atomic mass is 10.1. The molecule has 0 unspecified atom stereocenters. The van der Waals surface area contributed by atoms with Gasteiger partial charge in [0, 0.05) is 12.4 Å². The van der Waals surface area contributed by atoms with Crippen LogP contribution in [0.1, 0.15) is 11.6 Å². The van der Waals surface area contributed by atoms with Gasteiger partial charge in [-0.3, -0.25) is 0 Å². The molecule has 0 bridgehead atoms. The Labute approximate surface area is 119 Å². The molecule has 0 saturated heterocycles. The Hall–Kier alpha value is -1.66. The maximum absolute atomic E-state index is 9.46. The molecule has 1 heterocycles. The second-order valence-electron chi connectivity index (χ2n) is 3.88. The van der Waals surface area contributed by atoms with Crippen LogP contribution in [-0.2, 0) is 0 Å². The molecule has 6 heteroatoms. The van der Waals surface area contributed by atoms with Crippen molar-refractivity contribution in [2.45, 2.75) is 6.04 Å². The number of hydrogen-bond donors (Lipinski definition) is 2. The van der Waals surface area contributed by atoms with Crippen LogP contribution in [0, 0.1) is 0 Å². The topological polar surface area (TPSA) is 67.3 Å². The molecule has 2 rings (SSSR count). The molecular formula is C13H14BrN3O2. The molecule has 0 fully saturated rings. The summed E-state index contributed by atoms with van der Waals surface area (Å²) in [4.78, 5) is 8.24. The summed E-state index contributed by atoms with van der Waals surface area (Å²) >= 11 is 3.27. The lowest BCUT2D eigenvalue weighted by Gasteiger charge is -2.16. The monoisotopic (exact) mass is 323 g/mol. The van der Waals surface area contributed by atoms with Gasteiger partial charge in [0.15, 0.2) is 0 Å². The average Bonchev–Trinajstić information content (AvgIpc) is 2.47. The fourth-order valence-electron chi connectivity index (χ4n) is 1.61. The summed E-state index contributed by atoms with van der Waals surface area (Å²) < 4.78 is 5.91. The zero-order chi connectivity index (χ0) is 13.7. The molecule has 5 nitrogen and oxygen atoms in total. The third-order valence-corrected chi connectivity index (χ3v) is 3.03. The zero-order valence-corrected chi connectivity index (χ0v) is 12.0. The van der Waals surface area contributed by atoms with Crippen LogP contribution in [0.5, 0.6) is 5.75 Å². The number of ether oxygens (including phenoxy) is 1. The second-order valence-corrected chi connectivity index (χ2v) is 4.79. The number of nitrogens with one attached hydrogen (secondary N) is 1. The van der Waals surface area contributed by atoms with Crippen molar-refractivity contribution in [1.29, 1.82) is 0 Å². The molecule has 0 aliphatic carbocycles. The third-order valence-electron chi connectivity index (χ3n) is 2.62. The van der Waals surface area contributed by atoms with Crippen LogP contribution >= 0.6 is 15.9 Å². The van der Waals surface area contributed by atoms with Gasteiger partial charge >= 0.3 is 0 Å². The van der Waals surface area contributed by atoms with Gasteiger partial charge in [-0.15, -0.1) is 0 Å². The molecule has 2 N–H and O–H groups in total. The highest BCUT2D eigenvalue weighted by Gasteiger charge is 2.11. The van der Waals surface area contributed by atoms with E-state index in [1.54, 1.807) is 19.5 Å². The van der Waals surface area contributed by atoms with Gasteiger partial charge in [-0.2, -0.15) is 0 Å². The molecular weight excluding hydrogens is 310 g/mol. The Bertz CT molecular complexity index is 516. The van der Waals surface area contributed by atoms with Crippen molar-refractivity contribution in [3.05, 3.63) is 46.7 Å². The smallest absolute Gasteiger partial charge is 0.223 e. The number of rotatable bonds is 5. The van der Waals surface area contributed by atoms with Gasteiger partial charge in [0.2, 0.25) is 5.95 Å². The van der Waals surface area contributed by atoms with Gasteiger partial charge in [0.05, 0.1) is 24.2 Å². The molecule has 0 aliphatic heterocycles. The van der Waals surface area contributed by atoms with E-state index in [9.17, 15) is 5.11 Å². The lowest BCUT2D eigenvalue weighted by molar-refractivity contribution is 0.275. The quantitative estimate of drug-likeness (QED) is 0.884. The number of aliphatic hydroxyl groups is 1. The van der Waals surface area contributed by atoms with Crippen LogP contribution in [0.15, 0.2) is 41.1 Å². The molecule has 0 aliphatic rings. The molecule has 0 radical (unpaired) electrons. The number of nitrogens with zero attached hydrogens (tertiary/aromatic N) is 2. The van der Waals surface area contributed by atoms with Crippen LogP contribution in [0.4, 0.5) is 5.95 Å². The maximum atomic E-state index is 9.46. The van der Waals surface area contributed by atoms with Gasteiger partial charge in [0.25, 0.3) is 0 Å². The Morgan fingerprint density at radius 2 is 1.89 bits per heavy atom. The minimum atomic E-state index is -0.257. The summed E-state index contributed by atoms with van der Waals surface area (Å²) in [5.74, 6) is 1.25. The highest BCUT2D eigenvalue weighted by Crippen LogP contribution is 2.20. The average molecular weight is 324 g/mol. The van der Waals surface area contributed by atoms with Gasteiger partial charge < -0.3 is 15.2 Å². The number of aromatic nitrogens is 2. The summed E-state index contributed by atoms with van der Waals surface area (Å²) in [5.41, 5.74) is 0.940. The Morgan fingerprint density at radius 3 is 2.42 bits per heavy atom. The van der Waals surface area contributed by atoms with E-state index < -0.39 is 0 Å². The van der Waals surface area contributed by atoms with Crippen molar-refractivity contribution in [1.82, 2.24) is 9.97 Å². The van der Waals surface area contributed by atoms with E-state index in [0.717, 1.165) is 15.8 Å². The van der Waals surface area contributed by atoms with Crippen LogP contribution in [0.3, 0.4) is 0 Å². The number of hydrogen-bond acceptors (Lipinski definition) is 5. The fourth-order valence-corrected chi connectivity index (χ4v) is 1.82. The summed E-state index contributed by atoms with van der Waals surface area (Å²) in [5, 5.41) is 12.5. The molecule has 0 spiro atoms. The van der Waals surface area contributed by atoms with E-state index in [-0.39, 0.29) is 12.6 Å². The SMILES string of the molecule is COc1ccc([C@@H](CO)Nc2ncc(Br)cn2)cc1. The Morgan fingerprint density at radius 1 is 1.26 bits per heavy atom. The number of halogens is 1. The molecule has 2 aromatic rings. The van der Waals surface area contributed by atoms with Gasteiger partial charge in [-0.1, -0.05) is 12.1 Å². The largest absolute Gasteiger partial charge is 0.497 e. The molecule has 0 amide bonds. The Balaban J connectivity index is 2.12. The van der Waals surface area contributed by atoms with E-state index in [2.05, 4.69) is 31.2 Å². The van der Waals surface area contributed by atoms with Crippen LogP contribution in [0.2, 0.25) is 0 Å². The van der Waals surface area contributed by atoms with E-state index in [1.165, 1.54) is 0 Å². The highest BCUT2D eigenvalue weighted by molar-refractivity contribution is 9.10. The predicted octanol–water partition coefficient (Wildman–Crippen LogP) is 2.39. The zero-order valence-electron chi connectivity index (χ0n) is 10.4. The number of benzene rings is 1. The number of aliphatic hydroxyl groups excluding tert-OH is 1. The third kappa shape index (κ3) is 3.65. The van der Waals surface area contributed by atoms with Gasteiger partial charge in [-0.25, -0.2) is 9.97 Å². The van der Waals surface area contributed by atoms with Crippen molar-refractivity contribution >= 4 is 21.9 Å². The lowest BCUT2D eigenvalue weighted by Crippen LogP contribution is -2.16. The minimum absolute atomic E-state index is 0.0498. The molecule has 1 aromatic heterocycles. The number of anilines is 1. The summed E-state index contributed by atoms with van der Waals surface area (Å²) in [6.07, 6.45) is 3.30. The highest BCUT2D eigenvalue weighted by atomic mass is 79.9. The van der Waals surface area contributed by atoms with Crippen molar-refractivity contribution in [3.8, 4) is 5.75 Å². The first kappa shape index (κ1) is 13.8. The van der Waals surface area contributed by atoms with Crippen molar-refractivity contribution in [2.24, 2.45) is 0 Å². The molecule has 1 aromatic carbocycles. The standard InChI is InChI=1S/C13H14BrN3O2/c1-19-11-4-2-9(3-5-11)12(8-18)17-13-15-6-10(14)7-16-13/h2-7,12,18H,8H2,1H3,(H,15,16,17)/t12-/m1/s1. The summed E-state index contributed by atoms with van der Waals surface area (Å²) in [6.45, 7) is -0.0498. The van der Waals surface area contributed by atoms with Crippen molar-refractivity contribution in [3.63, 3.8) is 0 Å².